The summed E-state index contributed by atoms with van der Waals surface area (Å²) < 4.78 is 38.4. The summed E-state index contributed by atoms with van der Waals surface area (Å²) in [5.74, 6) is -0.122. The first-order valence-electron chi connectivity index (χ1n) is 10.00. The Bertz CT molecular complexity index is 957. The molecular weight excluding hydrogens is 404 g/mol. The van der Waals surface area contributed by atoms with Gasteiger partial charge in [0.05, 0.1) is 13.2 Å². The van der Waals surface area contributed by atoms with E-state index in [9.17, 15) is 13.2 Å². The number of methoxy groups -OCH3 is 1. The summed E-state index contributed by atoms with van der Waals surface area (Å²) in [6, 6.07) is 13.8. The van der Waals surface area contributed by atoms with Gasteiger partial charge in [0.15, 0.2) is 0 Å². The molecule has 0 aliphatic carbocycles. The molecule has 1 saturated heterocycles. The summed E-state index contributed by atoms with van der Waals surface area (Å²) in [5, 5.41) is 2.84. The van der Waals surface area contributed by atoms with Crippen LogP contribution in [0.15, 0.2) is 53.4 Å². The Morgan fingerprint density at radius 2 is 2.00 bits per heavy atom. The number of nitrogens with one attached hydrogen (secondary N) is 1. The third-order valence-corrected chi connectivity index (χ3v) is 6.96. The van der Waals surface area contributed by atoms with Gasteiger partial charge >= 0.3 is 0 Å². The number of carbonyl (C=O) groups excluding carboxylic acids is 1. The molecule has 8 heteroatoms. The molecule has 2 aromatic carbocycles. The van der Waals surface area contributed by atoms with Crippen LogP contribution in [0.1, 0.15) is 35.2 Å². The molecule has 0 bridgehead atoms. The quantitative estimate of drug-likeness (QED) is 0.659. The largest absolute Gasteiger partial charge is 0.495 e. The first-order chi connectivity index (χ1) is 14.4. The number of carbonyl (C=O) groups is 1. The van der Waals surface area contributed by atoms with Crippen molar-refractivity contribution in [2.24, 2.45) is 0 Å². The molecule has 0 saturated carbocycles. The first-order valence-corrected chi connectivity index (χ1v) is 11.4. The second-order valence-electron chi connectivity index (χ2n) is 7.29. The van der Waals surface area contributed by atoms with Crippen molar-refractivity contribution in [2.75, 3.05) is 27.3 Å². The number of sulfonamides is 1. The fourth-order valence-corrected chi connectivity index (χ4v) is 4.77. The molecule has 3 rings (SSSR count). The summed E-state index contributed by atoms with van der Waals surface area (Å²) >= 11 is 0. The molecule has 1 fully saturated rings. The van der Waals surface area contributed by atoms with Gasteiger partial charge in [-0.05, 0) is 43.0 Å². The Labute approximate surface area is 178 Å². The fourth-order valence-electron chi connectivity index (χ4n) is 3.43. The van der Waals surface area contributed by atoms with Crippen LogP contribution >= 0.6 is 0 Å². The Kier molecular flexibility index (Phi) is 7.47. The highest BCUT2D eigenvalue weighted by Gasteiger charge is 2.26. The van der Waals surface area contributed by atoms with Gasteiger partial charge in [-0.15, -0.1) is 0 Å². The van der Waals surface area contributed by atoms with Crippen molar-refractivity contribution in [2.45, 2.75) is 36.8 Å². The van der Waals surface area contributed by atoms with Crippen molar-refractivity contribution < 1.29 is 22.7 Å². The number of nitrogens with zero attached hydrogens (tertiary/aromatic N) is 1. The van der Waals surface area contributed by atoms with Crippen LogP contribution in [0.4, 0.5) is 0 Å². The summed E-state index contributed by atoms with van der Waals surface area (Å²) in [6.45, 7) is 1.46. The van der Waals surface area contributed by atoms with Crippen LogP contribution in [0.25, 0.3) is 0 Å². The summed E-state index contributed by atoms with van der Waals surface area (Å²) in [7, 11) is -0.942. The van der Waals surface area contributed by atoms with Crippen molar-refractivity contribution in [3.05, 3.63) is 59.7 Å². The van der Waals surface area contributed by atoms with Gasteiger partial charge in [-0.2, -0.15) is 4.31 Å². The zero-order valence-electron chi connectivity index (χ0n) is 17.3. The molecule has 0 aromatic heterocycles. The molecule has 1 aliphatic heterocycles. The molecule has 1 unspecified atom stereocenters. The average Bonchev–Trinajstić information content (AvgIpc) is 3.27. The van der Waals surface area contributed by atoms with Gasteiger partial charge in [0.1, 0.15) is 10.6 Å². The molecule has 1 heterocycles. The predicted molar refractivity (Wildman–Crippen MR) is 114 cm³/mol. The number of hydrogen-bond acceptors (Lipinski definition) is 5. The topological polar surface area (TPSA) is 84.9 Å². The average molecular weight is 433 g/mol. The number of hydrogen-bond donors (Lipinski definition) is 1. The predicted octanol–water partition coefficient (Wildman–Crippen LogP) is 2.81. The van der Waals surface area contributed by atoms with E-state index in [0.29, 0.717) is 6.54 Å². The van der Waals surface area contributed by atoms with E-state index in [4.69, 9.17) is 9.47 Å². The summed E-state index contributed by atoms with van der Waals surface area (Å²) in [5.41, 5.74) is 1.14. The van der Waals surface area contributed by atoms with Gasteiger partial charge < -0.3 is 14.8 Å². The van der Waals surface area contributed by atoms with Gasteiger partial charge in [0.25, 0.3) is 5.91 Å². The minimum Gasteiger partial charge on any atom is -0.495 e. The van der Waals surface area contributed by atoms with Gasteiger partial charge in [0.2, 0.25) is 10.0 Å². The molecule has 1 amide bonds. The van der Waals surface area contributed by atoms with E-state index < -0.39 is 10.0 Å². The number of rotatable bonds is 9. The van der Waals surface area contributed by atoms with Crippen LogP contribution in [-0.2, 0) is 21.3 Å². The van der Waals surface area contributed by atoms with Crippen molar-refractivity contribution in [1.29, 1.82) is 0 Å². The van der Waals surface area contributed by atoms with E-state index >= 15 is 0 Å². The zero-order chi connectivity index (χ0) is 21.6. The molecule has 162 valence electrons. The lowest BCUT2D eigenvalue weighted by atomic mass is 10.1. The molecule has 0 spiro atoms. The standard InChI is InChI=1S/C22H28N2O5S/c1-24(16-17-7-4-3-5-8-17)30(26,27)21-15-18(10-11-20(21)28-2)22(25)23-13-12-19-9-6-14-29-19/h3-5,7-8,10-11,15,19H,6,9,12-14,16H2,1-2H3,(H,23,25). The SMILES string of the molecule is COc1ccc(C(=O)NCCC2CCCO2)cc1S(=O)(=O)N(C)Cc1ccccc1. The molecule has 30 heavy (non-hydrogen) atoms. The third kappa shape index (κ3) is 5.38. The Morgan fingerprint density at radius 3 is 2.67 bits per heavy atom. The van der Waals surface area contributed by atoms with Crippen LogP contribution < -0.4 is 10.1 Å². The lowest BCUT2D eigenvalue weighted by Gasteiger charge is -2.19. The molecule has 7 nitrogen and oxygen atoms in total. The zero-order valence-corrected chi connectivity index (χ0v) is 18.2. The highest BCUT2D eigenvalue weighted by atomic mass is 32.2. The van der Waals surface area contributed by atoms with Crippen molar-refractivity contribution in [3.8, 4) is 5.75 Å². The number of amides is 1. The van der Waals surface area contributed by atoms with Crippen LogP contribution in [0.3, 0.4) is 0 Å². The van der Waals surface area contributed by atoms with Crippen molar-refractivity contribution in [1.82, 2.24) is 9.62 Å². The molecule has 0 radical (unpaired) electrons. The minimum atomic E-state index is -3.86. The maximum absolute atomic E-state index is 13.2. The number of benzene rings is 2. The van der Waals surface area contributed by atoms with E-state index in [-0.39, 0.29) is 34.8 Å². The highest BCUT2D eigenvalue weighted by molar-refractivity contribution is 7.89. The minimum absolute atomic E-state index is 0.0322. The Morgan fingerprint density at radius 1 is 1.23 bits per heavy atom. The fraction of sp³-hybridized carbons (Fsp3) is 0.409. The second-order valence-corrected chi connectivity index (χ2v) is 9.31. The van der Waals surface area contributed by atoms with E-state index in [2.05, 4.69) is 5.32 Å². The number of ether oxygens (including phenoxy) is 2. The summed E-state index contributed by atoms with van der Waals surface area (Å²) in [4.78, 5) is 12.5. The van der Waals surface area contributed by atoms with Gasteiger partial charge in [-0.3, -0.25) is 4.79 Å². The lowest BCUT2D eigenvalue weighted by Crippen LogP contribution is -2.29. The summed E-state index contributed by atoms with van der Waals surface area (Å²) in [6.07, 6.45) is 2.99. The molecule has 1 aliphatic rings. The van der Waals surface area contributed by atoms with E-state index in [1.165, 1.54) is 30.6 Å². The van der Waals surface area contributed by atoms with Crippen molar-refractivity contribution >= 4 is 15.9 Å². The van der Waals surface area contributed by atoms with E-state index in [1.807, 2.05) is 30.3 Å². The van der Waals surface area contributed by atoms with Gasteiger partial charge in [-0.25, -0.2) is 8.42 Å². The highest BCUT2D eigenvalue weighted by Crippen LogP contribution is 2.28. The lowest BCUT2D eigenvalue weighted by molar-refractivity contribution is 0.0907. The molecule has 1 atom stereocenters. The van der Waals surface area contributed by atoms with Crippen molar-refractivity contribution in [3.63, 3.8) is 0 Å². The van der Waals surface area contributed by atoms with Crippen LogP contribution in [0.2, 0.25) is 0 Å². The second kappa shape index (κ2) is 10.1. The Hall–Kier alpha value is -2.42. The van der Waals surface area contributed by atoms with E-state index in [0.717, 1.165) is 31.4 Å². The van der Waals surface area contributed by atoms with Gasteiger partial charge in [-0.1, -0.05) is 30.3 Å². The van der Waals surface area contributed by atoms with E-state index in [1.54, 1.807) is 6.07 Å². The normalized spacial score (nSPS) is 16.6. The molecule has 2 aromatic rings. The molecule has 1 N–H and O–H groups in total. The smallest absolute Gasteiger partial charge is 0.251 e. The van der Waals surface area contributed by atoms with Crippen LogP contribution in [0, 0.1) is 0 Å². The maximum atomic E-state index is 13.2. The third-order valence-electron chi connectivity index (χ3n) is 5.14. The first kappa shape index (κ1) is 22.3. The molecular formula is C22H28N2O5S. The Balaban J connectivity index is 1.74. The monoisotopic (exact) mass is 432 g/mol. The van der Waals surface area contributed by atoms with Gasteiger partial charge in [0, 0.05) is 32.3 Å². The van der Waals surface area contributed by atoms with Crippen LogP contribution in [-0.4, -0.2) is 52.0 Å². The maximum Gasteiger partial charge on any atom is 0.251 e. The van der Waals surface area contributed by atoms with Crippen LogP contribution in [0.5, 0.6) is 5.75 Å².